The lowest BCUT2D eigenvalue weighted by molar-refractivity contribution is 0.159. The van der Waals surface area contributed by atoms with E-state index in [-0.39, 0.29) is 19.3 Å². The van der Waals surface area contributed by atoms with Crippen molar-refractivity contribution < 1.29 is 33.8 Å². The molecule has 1 aromatic rings. The molecule has 0 spiro atoms. The summed E-state index contributed by atoms with van der Waals surface area (Å²) in [6.07, 6.45) is 0.640. The van der Waals surface area contributed by atoms with Crippen molar-refractivity contribution in [3.63, 3.8) is 0 Å². The fourth-order valence-electron chi connectivity index (χ4n) is 1.73. The minimum atomic E-state index is -4.87. The summed E-state index contributed by atoms with van der Waals surface area (Å²) in [5.74, 6) is 0. The molecule has 110 valence electrons. The van der Waals surface area contributed by atoms with Gasteiger partial charge in [-0.1, -0.05) is 0 Å². The minimum absolute atomic E-state index is 0.0844. The molecule has 1 rings (SSSR count). The van der Waals surface area contributed by atoms with Crippen molar-refractivity contribution >= 4 is 15.2 Å². The van der Waals surface area contributed by atoms with Crippen LogP contribution in [0.4, 0.5) is 0 Å². The topological polar surface area (TPSA) is 151 Å². The van der Waals surface area contributed by atoms with Crippen LogP contribution in [0.1, 0.15) is 31.1 Å². The molecule has 0 aliphatic heterocycles. The molecule has 19 heavy (non-hydrogen) atoms. The van der Waals surface area contributed by atoms with Crippen LogP contribution in [0.5, 0.6) is 0 Å². The highest BCUT2D eigenvalue weighted by atomic mass is 31.2. The van der Waals surface area contributed by atoms with E-state index in [0.717, 1.165) is 0 Å². The Labute approximate surface area is 109 Å². The Balaban J connectivity index is 2.55. The molecule has 0 aromatic carbocycles. The number of aromatic nitrogens is 1. The van der Waals surface area contributed by atoms with Crippen molar-refractivity contribution in [3.05, 3.63) is 24.0 Å². The molecule has 1 heterocycles. The Kier molecular flexibility index (Phi) is 5.53. The van der Waals surface area contributed by atoms with Crippen LogP contribution in [0.15, 0.2) is 18.3 Å². The molecule has 8 nitrogen and oxygen atoms in total. The highest BCUT2D eigenvalue weighted by molar-refractivity contribution is 7.70. The van der Waals surface area contributed by atoms with Crippen molar-refractivity contribution in [1.29, 1.82) is 0 Å². The average Bonchev–Trinajstić information content (AvgIpc) is 2.73. The molecule has 6 N–H and O–H groups in total. The first-order valence-corrected chi connectivity index (χ1v) is 8.90. The van der Waals surface area contributed by atoms with Crippen molar-refractivity contribution in [1.82, 2.24) is 4.98 Å². The van der Waals surface area contributed by atoms with Crippen molar-refractivity contribution in [2.24, 2.45) is 0 Å². The monoisotopic (exact) mass is 313 g/mol. The molecular formula is C9H17NO7P2. The van der Waals surface area contributed by atoms with Crippen molar-refractivity contribution in [2.45, 2.75) is 30.8 Å². The largest absolute Gasteiger partial charge is 0.387 e. The first-order chi connectivity index (χ1) is 8.62. The molecule has 1 unspecified atom stereocenters. The summed E-state index contributed by atoms with van der Waals surface area (Å²) in [5, 5.41) is 7.70. The second-order valence-corrected chi connectivity index (χ2v) is 8.24. The number of rotatable bonds is 7. The third-order valence-corrected chi connectivity index (χ3v) is 6.57. The van der Waals surface area contributed by atoms with Crippen LogP contribution in [0.25, 0.3) is 0 Å². The highest BCUT2D eigenvalue weighted by Gasteiger charge is 2.42. The van der Waals surface area contributed by atoms with Gasteiger partial charge >= 0.3 is 15.2 Å². The van der Waals surface area contributed by atoms with Crippen LogP contribution < -0.4 is 0 Å². The van der Waals surface area contributed by atoms with Gasteiger partial charge in [0.1, 0.15) is 0 Å². The molecule has 0 fully saturated rings. The first-order valence-electron chi connectivity index (χ1n) is 5.54. The molecule has 0 aliphatic rings. The van der Waals surface area contributed by atoms with Gasteiger partial charge in [0.05, 0.1) is 6.10 Å². The van der Waals surface area contributed by atoms with Crippen molar-refractivity contribution in [2.75, 3.05) is 0 Å². The Morgan fingerprint density at radius 2 is 1.68 bits per heavy atom. The van der Waals surface area contributed by atoms with Gasteiger partial charge in [0.25, 0.3) is 0 Å². The average molecular weight is 313 g/mol. The maximum atomic E-state index is 11.0. The Bertz CT molecular complexity index is 455. The summed E-state index contributed by atoms with van der Waals surface area (Å²) in [4.78, 5) is 38.4. The second kappa shape index (κ2) is 6.33. The van der Waals surface area contributed by atoms with E-state index < -0.39 is 26.7 Å². The van der Waals surface area contributed by atoms with Crippen LogP contribution in [-0.2, 0) is 9.13 Å². The predicted octanol–water partition coefficient (Wildman–Crippen LogP) is 0.900. The molecule has 0 bridgehead atoms. The number of nitrogens with one attached hydrogen (secondary N) is 1. The molecular weight excluding hydrogens is 296 g/mol. The van der Waals surface area contributed by atoms with Crippen LogP contribution >= 0.6 is 15.2 Å². The normalized spacial score (nSPS) is 14.8. The van der Waals surface area contributed by atoms with E-state index in [0.29, 0.717) is 5.69 Å². The van der Waals surface area contributed by atoms with Gasteiger partial charge in [0.2, 0.25) is 0 Å². The van der Waals surface area contributed by atoms with E-state index in [4.69, 9.17) is 19.6 Å². The van der Waals surface area contributed by atoms with Gasteiger partial charge in [-0.15, -0.1) is 0 Å². The Hall–Kier alpha value is -0.460. The van der Waals surface area contributed by atoms with Gasteiger partial charge in [0, 0.05) is 11.9 Å². The number of hydrogen-bond donors (Lipinski definition) is 6. The van der Waals surface area contributed by atoms with Gasteiger partial charge in [-0.3, -0.25) is 9.13 Å². The zero-order chi connectivity index (χ0) is 14.7. The molecule has 0 radical (unpaired) electrons. The molecule has 0 aliphatic carbocycles. The third-order valence-electron chi connectivity index (χ3n) is 2.70. The van der Waals surface area contributed by atoms with Gasteiger partial charge in [-0.2, -0.15) is 0 Å². The van der Waals surface area contributed by atoms with Gasteiger partial charge in [-0.25, -0.2) is 0 Å². The molecule has 0 amide bonds. The van der Waals surface area contributed by atoms with Crippen LogP contribution in [-0.4, -0.2) is 35.1 Å². The standard InChI is InChI=1S/C9H17NO7P2/c11-8(7-3-2-6-10-7)4-1-5-9(18(12,13)14)19(15,16)17/h2-3,6,8-11H,1,4-5H2,(H2,12,13,14)(H2,15,16,17). The third kappa shape index (κ3) is 5.20. The van der Waals surface area contributed by atoms with E-state index in [9.17, 15) is 14.2 Å². The van der Waals surface area contributed by atoms with E-state index in [1.54, 1.807) is 18.3 Å². The number of hydrogen-bond acceptors (Lipinski definition) is 3. The maximum absolute atomic E-state index is 11.0. The fraction of sp³-hybridized carbons (Fsp3) is 0.556. The molecule has 1 aromatic heterocycles. The van der Waals surface area contributed by atoms with E-state index in [1.165, 1.54) is 0 Å². The van der Waals surface area contributed by atoms with E-state index in [1.807, 2.05) is 0 Å². The second-order valence-electron chi connectivity index (χ2n) is 4.23. The van der Waals surface area contributed by atoms with E-state index >= 15 is 0 Å². The van der Waals surface area contributed by atoms with Crippen LogP contribution in [0.3, 0.4) is 0 Å². The minimum Gasteiger partial charge on any atom is -0.387 e. The Morgan fingerprint density at radius 1 is 1.11 bits per heavy atom. The SMILES string of the molecule is O=P(O)(O)C(CCCC(O)c1ccc[nH]1)P(=O)(O)O. The van der Waals surface area contributed by atoms with Gasteiger partial charge < -0.3 is 29.7 Å². The summed E-state index contributed by atoms with van der Waals surface area (Å²) in [7, 11) is -9.74. The lowest BCUT2D eigenvalue weighted by Crippen LogP contribution is -2.10. The quantitative estimate of drug-likeness (QED) is 0.409. The molecule has 0 saturated carbocycles. The van der Waals surface area contributed by atoms with Crippen LogP contribution in [0.2, 0.25) is 0 Å². The zero-order valence-electron chi connectivity index (χ0n) is 9.96. The van der Waals surface area contributed by atoms with Gasteiger partial charge in [-0.05, 0) is 31.4 Å². The molecule has 0 saturated heterocycles. The highest BCUT2D eigenvalue weighted by Crippen LogP contribution is 2.61. The maximum Gasteiger partial charge on any atom is 0.340 e. The molecule has 1 atom stereocenters. The lowest BCUT2D eigenvalue weighted by Gasteiger charge is -2.19. The summed E-state index contributed by atoms with van der Waals surface area (Å²) >= 11 is 0. The smallest absolute Gasteiger partial charge is 0.340 e. The summed E-state index contributed by atoms with van der Waals surface area (Å²) in [5.41, 5.74) is 0.545. The van der Waals surface area contributed by atoms with Gasteiger partial charge in [0.15, 0.2) is 5.40 Å². The Morgan fingerprint density at radius 3 is 2.11 bits per heavy atom. The van der Waals surface area contributed by atoms with Crippen molar-refractivity contribution in [3.8, 4) is 0 Å². The zero-order valence-corrected chi connectivity index (χ0v) is 11.7. The number of aliphatic hydroxyl groups excluding tert-OH is 1. The molecule has 10 heteroatoms. The number of aromatic amines is 1. The summed E-state index contributed by atoms with van der Waals surface area (Å²) < 4.78 is 22.0. The van der Waals surface area contributed by atoms with Crippen LogP contribution in [0, 0.1) is 0 Å². The fourth-order valence-corrected chi connectivity index (χ4v) is 4.34. The number of aliphatic hydroxyl groups is 1. The lowest BCUT2D eigenvalue weighted by atomic mass is 10.1. The predicted molar refractivity (Wildman–Crippen MR) is 67.5 cm³/mol. The number of H-pyrrole nitrogens is 1. The van der Waals surface area contributed by atoms with E-state index in [2.05, 4.69) is 4.98 Å². The first kappa shape index (κ1) is 16.6. The summed E-state index contributed by atoms with van der Waals surface area (Å²) in [6.45, 7) is 0. The summed E-state index contributed by atoms with van der Waals surface area (Å²) in [6, 6.07) is 3.33.